The van der Waals surface area contributed by atoms with Gasteiger partial charge >= 0.3 is 6.18 Å². The Hall–Kier alpha value is -0.590. The lowest BCUT2D eigenvalue weighted by Crippen LogP contribution is -2.37. The monoisotopic (exact) mass is 365 g/mol. The van der Waals surface area contributed by atoms with Gasteiger partial charge in [0.05, 0.1) is 6.10 Å². The van der Waals surface area contributed by atoms with Crippen LogP contribution in [0.1, 0.15) is 31.2 Å². The van der Waals surface area contributed by atoms with Gasteiger partial charge in [0, 0.05) is 17.1 Å². The molecule has 2 unspecified atom stereocenters. The molecule has 1 aliphatic carbocycles. The van der Waals surface area contributed by atoms with Crippen LogP contribution in [0.5, 0.6) is 0 Å². The Balaban J connectivity index is 1.76. The van der Waals surface area contributed by atoms with Crippen LogP contribution < -0.4 is 5.32 Å². The summed E-state index contributed by atoms with van der Waals surface area (Å²) in [6.07, 6.45) is -1.29. The Kier molecular flexibility index (Phi) is 6.08. The van der Waals surface area contributed by atoms with Gasteiger partial charge in [0.1, 0.15) is 6.61 Å². The summed E-state index contributed by atoms with van der Waals surface area (Å²) >= 11 is 3.42. The molecule has 1 N–H and O–H groups in total. The maximum Gasteiger partial charge on any atom is 0.411 e. The van der Waals surface area contributed by atoms with E-state index in [1.165, 1.54) is 0 Å². The summed E-state index contributed by atoms with van der Waals surface area (Å²) in [5, 5.41) is 3.41. The van der Waals surface area contributed by atoms with E-state index in [1.807, 2.05) is 24.3 Å². The van der Waals surface area contributed by atoms with Crippen LogP contribution in [0.3, 0.4) is 0 Å². The van der Waals surface area contributed by atoms with Crippen LogP contribution in [0.15, 0.2) is 28.7 Å². The molecule has 1 aliphatic rings. The van der Waals surface area contributed by atoms with Gasteiger partial charge in [-0.15, -0.1) is 0 Å². The van der Waals surface area contributed by atoms with Gasteiger partial charge in [0.2, 0.25) is 0 Å². The average Bonchev–Trinajstić information content (AvgIpc) is 2.43. The summed E-state index contributed by atoms with van der Waals surface area (Å²) in [6, 6.07) is 8.21. The lowest BCUT2D eigenvalue weighted by atomic mass is 9.92. The number of ether oxygens (including phenoxy) is 1. The molecule has 1 fully saturated rings. The Morgan fingerprint density at radius 2 is 2.10 bits per heavy atom. The van der Waals surface area contributed by atoms with Crippen molar-refractivity contribution < 1.29 is 17.9 Å². The second-order valence-electron chi connectivity index (χ2n) is 5.42. The molecule has 21 heavy (non-hydrogen) atoms. The number of alkyl halides is 3. The Morgan fingerprint density at radius 1 is 1.29 bits per heavy atom. The fraction of sp³-hybridized carbons (Fsp3) is 0.600. The van der Waals surface area contributed by atoms with E-state index >= 15 is 0 Å². The lowest BCUT2D eigenvalue weighted by molar-refractivity contribution is -0.188. The lowest BCUT2D eigenvalue weighted by Gasteiger charge is -2.30. The molecule has 1 aromatic carbocycles. The second kappa shape index (κ2) is 7.61. The zero-order valence-corrected chi connectivity index (χ0v) is 13.2. The second-order valence-corrected chi connectivity index (χ2v) is 6.34. The van der Waals surface area contributed by atoms with Crippen LogP contribution in [-0.2, 0) is 11.3 Å². The van der Waals surface area contributed by atoms with E-state index in [1.54, 1.807) is 0 Å². The third-order valence-corrected chi connectivity index (χ3v) is 4.09. The zero-order chi connectivity index (χ0) is 15.3. The summed E-state index contributed by atoms with van der Waals surface area (Å²) in [7, 11) is 0. The fourth-order valence-electron chi connectivity index (χ4n) is 2.60. The van der Waals surface area contributed by atoms with E-state index < -0.39 is 12.8 Å². The molecule has 1 saturated carbocycles. The van der Waals surface area contributed by atoms with Crippen molar-refractivity contribution in [3.63, 3.8) is 0 Å². The van der Waals surface area contributed by atoms with Crippen molar-refractivity contribution in [2.45, 2.75) is 50.6 Å². The Bertz CT molecular complexity index is 453. The molecule has 118 valence electrons. The third-order valence-electron chi connectivity index (χ3n) is 3.59. The predicted molar refractivity (Wildman–Crippen MR) is 79.0 cm³/mol. The number of rotatable bonds is 5. The summed E-state index contributed by atoms with van der Waals surface area (Å²) in [5.74, 6) is 0. The highest BCUT2D eigenvalue weighted by Crippen LogP contribution is 2.24. The van der Waals surface area contributed by atoms with Crippen molar-refractivity contribution in [3.05, 3.63) is 34.3 Å². The van der Waals surface area contributed by atoms with Gasteiger partial charge in [0.25, 0.3) is 0 Å². The SMILES string of the molecule is FC(F)(F)COC1CCCC(NCc2cccc(Br)c2)C1. The highest BCUT2D eigenvalue weighted by Gasteiger charge is 2.31. The van der Waals surface area contributed by atoms with Crippen molar-refractivity contribution in [1.82, 2.24) is 5.32 Å². The zero-order valence-electron chi connectivity index (χ0n) is 11.6. The van der Waals surface area contributed by atoms with Crippen LogP contribution in [0.25, 0.3) is 0 Å². The summed E-state index contributed by atoms with van der Waals surface area (Å²) in [4.78, 5) is 0. The summed E-state index contributed by atoms with van der Waals surface area (Å²) < 4.78 is 42.5. The third kappa shape index (κ3) is 6.36. The molecule has 0 radical (unpaired) electrons. The minimum absolute atomic E-state index is 0.218. The maximum atomic E-state index is 12.2. The van der Waals surface area contributed by atoms with Gasteiger partial charge in [-0.2, -0.15) is 13.2 Å². The van der Waals surface area contributed by atoms with Crippen molar-refractivity contribution in [2.24, 2.45) is 0 Å². The molecule has 2 rings (SSSR count). The molecular formula is C15H19BrF3NO. The van der Waals surface area contributed by atoms with Gasteiger partial charge in [-0.05, 0) is 43.4 Å². The van der Waals surface area contributed by atoms with E-state index in [-0.39, 0.29) is 12.1 Å². The normalized spacial score (nSPS) is 23.2. The number of hydrogen-bond acceptors (Lipinski definition) is 2. The summed E-state index contributed by atoms with van der Waals surface area (Å²) in [6.45, 7) is -0.424. The van der Waals surface area contributed by atoms with Gasteiger partial charge in [-0.25, -0.2) is 0 Å². The van der Waals surface area contributed by atoms with Crippen molar-refractivity contribution >= 4 is 15.9 Å². The molecule has 0 saturated heterocycles. The Morgan fingerprint density at radius 3 is 2.81 bits per heavy atom. The molecule has 1 aromatic rings. The molecule has 0 amide bonds. The first-order chi connectivity index (χ1) is 9.92. The molecule has 6 heteroatoms. The first-order valence-electron chi connectivity index (χ1n) is 7.08. The molecule has 0 bridgehead atoms. The molecule has 0 aromatic heterocycles. The van der Waals surface area contributed by atoms with E-state index in [2.05, 4.69) is 21.2 Å². The molecule has 2 nitrogen and oxygen atoms in total. The quantitative estimate of drug-likeness (QED) is 0.833. The average molecular weight is 366 g/mol. The van der Waals surface area contributed by atoms with E-state index in [9.17, 15) is 13.2 Å². The highest BCUT2D eigenvalue weighted by atomic mass is 79.9. The number of benzene rings is 1. The minimum Gasteiger partial charge on any atom is -0.369 e. The predicted octanol–water partition coefficient (Wildman–Crippen LogP) is 4.43. The smallest absolute Gasteiger partial charge is 0.369 e. The molecule has 0 heterocycles. The highest BCUT2D eigenvalue weighted by molar-refractivity contribution is 9.10. The van der Waals surface area contributed by atoms with Gasteiger partial charge in [-0.1, -0.05) is 28.1 Å². The van der Waals surface area contributed by atoms with E-state index in [0.29, 0.717) is 12.8 Å². The maximum absolute atomic E-state index is 12.2. The first-order valence-corrected chi connectivity index (χ1v) is 7.88. The minimum atomic E-state index is -4.24. The van der Waals surface area contributed by atoms with Crippen LogP contribution in [0.2, 0.25) is 0 Å². The standard InChI is InChI=1S/C15H19BrF3NO/c16-12-4-1-3-11(7-12)9-20-13-5-2-6-14(8-13)21-10-15(17,18)19/h1,3-4,7,13-14,20H,2,5-6,8-10H2. The van der Waals surface area contributed by atoms with Crippen molar-refractivity contribution in [1.29, 1.82) is 0 Å². The Labute approximate surface area is 131 Å². The van der Waals surface area contributed by atoms with Crippen molar-refractivity contribution in [3.8, 4) is 0 Å². The summed E-state index contributed by atoms with van der Waals surface area (Å²) in [5.41, 5.74) is 1.16. The number of halogens is 4. The molecule has 0 aliphatic heterocycles. The fourth-order valence-corrected chi connectivity index (χ4v) is 3.05. The van der Waals surface area contributed by atoms with Crippen LogP contribution in [0, 0.1) is 0 Å². The topological polar surface area (TPSA) is 21.3 Å². The number of hydrogen-bond donors (Lipinski definition) is 1. The number of nitrogens with one attached hydrogen (secondary N) is 1. The van der Waals surface area contributed by atoms with Crippen LogP contribution in [0.4, 0.5) is 13.2 Å². The van der Waals surface area contributed by atoms with Gasteiger partial charge in [0.15, 0.2) is 0 Å². The molecular weight excluding hydrogens is 347 g/mol. The molecule has 0 spiro atoms. The van der Waals surface area contributed by atoms with Crippen LogP contribution >= 0.6 is 15.9 Å². The largest absolute Gasteiger partial charge is 0.411 e. The van der Waals surface area contributed by atoms with Gasteiger partial charge < -0.3 is 10.1 Å². The van der Waals surface area contributed by atoms with Crippen LogP contribution in [-0.4, -0.2) is 24.9 Å². The molecule has 2 atom stereocenters. The van der Waals surface area contributed by atoms with Crippen molar-refractivity contribution in [2.75, 3.05) is 6.61 Å². The van der Waals surface area contributed by atoms with E-state index in [4.69, 9.17) is 4.74 Å². The first kappa shape index (κ1) is 16.8. The van der Waals surface area contributed by atoms with Gasteiger partial charge in [-0.3, -0.25) is 0 Å². The van der Waals surface area contributed by atoms with E-state index in [0.717, 1.165) is 29.4 Å².